The number of nitrogens with zero attached hydrogens (tertiary/aromatic N) is 2. The molecule has 3 aromatic carbocycles. The van der Waals surface area contributed by atoms with Crippen molar-refractivity contribution in [2.45, 2.75) is 65.5 Å². The average Bonchev–Trinajstić information content (AvgIpc) is 2.98. The van der Waals surface area contributed by atoms with Gasteiger partial charge in [0.2, 0.25) is 21.8 Å². The van der Waals surface area contributed by atoms with E-state index >= 15 is 0 Å². The van der Waals surface area contributed by atoms with E-state index < -0.39 is 16.1 Å². The van der Waals surface area contributed by atoms with Gasteiger partial charge >= 0.3 is 0 Å². The van der Waals surface area contributed by atoms with Crippen molar-refractivity contribution in [1.29, 1.82) is 0 Å². The number of hydrogen-bond acceptors (Lipinski definition) is 5. The van der Waals surface area contributed by atoms with Gasteiger partial charge in [-0.1, -0.05) is 73.5 Å². The van der Waals surface area contributed by atoms with Crippen LogP contribution in [0.3, 0.4) is 0 Å². The molecule has 3 aromatic rings. The second kappa shape index (κ2) is 16.7. The van der Waals surface area contributed by atoms with E-state index in [1.165, 1.54) is 4.31 Å². The van der Waals surface area contributed by atoms with Crippen LogP contribution in [0, 0.1) is 6.92 Å². The molecule has 0 radical (unpaired) electrons. The van der Waals surface area contributed by atoms with Crippen molar-refractivity contribution in [3.63, 3.8) is 0 Å². The molecule has 9 heteroatoms. The summed E-state index contributed by atoms with van der Waals surface area (Å²) in [6, 6.07) is 23.8. The zero-order chi connectivity index (χ0) is 31.2. The number of nitrogens with one attached hydrogen (secondary N) is 1. The van der Waals surface area contributed by atoms with Crippen LogP contribution in [0.5, 0.6) is 5.75 Å². The molecule has 2 amide bonds. The van der Waals surface area contributed by atoms with Crippen LogP contribution in [-0.2, 0) is 32.6 Å². The van der Waals surface area contributed by atoms with Crippen LogP contribution in [0.1, 0.15) is 56.2 Å². The normalized spacial score (nSPS) is 11.9. The number of anilines is 1. The topological polar surface area (TPSA) is 96.0 Å². The van der Waals surface area contributed by atoms with Gasteiger partial charge in [-0.2, -0.15) is 0 Å². The molecule has 3 rings (SSSR count). The standard InChI is InChI=1S/C34H45N3O5S/c1-5-7-23-35-34(39)32(25-28-12-9-8-10-13-28)36(26-29-17-15-27(3)16-18-29)33(38)14-11-24-37(43(4,40)41)30-19-21-31(22-20-30)42-6-2/h8-10,12-13,15-22,32H,5-7,11,14,23-26H2,1-4H3,(H,35,39). The molecule has 0 saturated heterocycles. The summed E-state index contributed by atoms with van der Waals surface area (Å²) in [5, 5.41) is 3.03. The average molecular weight is 608 g/mol. The van der Waals surface area contributed by atoms with Gasteiger partial charge in [0.05, 0.1) is 18.6 Å². The number of benzene rings is 3. The summed E-state index contributed by atoms with van der Waals surface area (Å²) in [5.74, 6) is 0.264. The second-order valence-corrected chi connectivity index (χ2v) is 12.6. The van der Waals surface area contributed by atoms with E-state index in [1.807, 2.05) is 68.4 Å². The van der Waals surface area contributed by atoms with Gasteiger partial charge in [0, 0.05) is 32.5 Å². The van der Waals surface area contributed by atoms with Crippen molar-refractivity contribution in [1.82, 2.24) is 10.2 Å². The Morgan fingerprint density at radius 1 is 0.884 bits per heavy atom. The van der Waals surface area contributed by atoms with Crippen LogP contribution < -0.4 is 14.4 Å². The van der Waals surface area contributed by atoms with E-state index in [1.54, 1.807) is 29.2 Å². The molecule has 232 valence electrons. The lowest BCUT2D eigenvalue weighted by Crippen LogP contribution is -2.50. The highest BCUT2D eigenvalue weighted by Gasteiger charge is 2.30. The smallest absolute Gasteiger partial charge is 0.243 e. The van der Waals surface area contributed by atoms with Crippen molar-refractivity contribution >= 4 is 27.5 Å². The van der Waals surface area contributed by atoms with Crippen LogP contribution >= 0.6 is 0 Å². The van der Waals surface area contributed by atoms with E-state index in [0.29, 0.717) is 37.4 Å². The lowest BCUT2D eigenvalue weighted by Gasteiger charge is -2.32. The highest BCUT2D eigenvalue weighted by molar-refractivity contribution is 7.92. The molecule has 1 unspecified atom stereocenters. The number of unbranched alkanes of at least 4 members (excludes halogenated alkanes) is 1. The Kier molecular flexibility index (Phi) is 13.1. The predicted octanol–water partition coefficient (Wildman–Crippen LogP) is 5.50. The SMILES string of the molecule is CCCCNC(=O)C(Cc1ccccc1)N(Cc1ccc(C)cc1)C(=O)CCCN(c1ccc(OCC)cc1)S(C)(=O)=O. The molecular weight excluding hydrogens is 562 g/mol. The van der Waals surface area contributed by atoms with Crippen molar-refractivity contribution in [2.75, 3.05) is 30.3 Å². The minimum absolute atomic E-state index is 0.0858. The minimum Gasteiger partial charge on any atom is -0.494 e. The van der Waals surface area contributed by atoms with Crippen molar-refractivity contribution < 1.29 is 22.7 Å². The van der Waals surface area contributed by atoms with Crippen LogP contribution in [0.15, 0.2) is 78.9 Å². The Morgan fingerprint density at radius 3 is 2.16 bits per heavy atom. The van der Waals surface area contributed by atoms with Gasteiger partial charge in [-0.05, 0) is 62.1 Å². The van der Waals surface area contributed by atoms with Gasteiger partial charge in [0.25, 0.3) is 0 Å². The number of carbonyl (C=O) groups is 2. The molecule has 0 heterocycles. The molecule has 0 spiro atoms. The van der Waals surface area contributed by atoms with E-state index in [-0.39, 0.29) is 31.3 Å². The maximum atomic E-state index is 13.9. The summed E-state index contributed by atoms with van der Waals surface area (Å²) in [7, 11) is -3.59. The van der Waals surface area contributed by atoms with Crippen molar-refractivity contribution in [2.24, 2.45) is 0 Å². The van der Waals surface area contributed by atoms with Crippen LogP contribution in [0.2, 0.25) is 0 Å². The van der Waals surface area contributed by atoms with Gasteiger partial charge in [-0.3, -0.25) is 13.9 Å². The van der Waals surface area contributed by atoms with Crippen molar-refractivity contribution in [3.05, 3.63) is 95.6 Å². The molecule has 0 aliphatic carbocycles. The minimum atomic E-state index is -3.59. The number of rotatable bonds is 17. The number of sulfonamides is 1. The first-order valence-electron chi connectivity index (χ1n) is 15.0. The number of aryl methyl sites for hydroxylation is 1. The molecule has 0 aromatic heterocycles. The third-order valence-corrected chi connectivity index (χ3v) is 8.36. The highest BCUT2D eigenvalue weighted by Crippen LogP contribution is 2.23. The summed E-state index contributed by atoms with van der Waals surface area (Å²) in [6.07, 6.45) is 3.70. The molecule has 1 atom stereocenters. The Labute approximate surface area is 257 Å². The number of ether oxygens (including phenoxy) is 1. The molecule has 0 saturated carbocycles. The molecule has 0 bridgehead atoms. The third kappa shape index (κ3) is 10.7. The Balaban J connectivity index is 1.84. The highest BCUT2D eigenvalue weighted by atomic mass is 32.2. The summed E-state index contributed by atoms with van der Waals surface area (Å²) in [5.41, 5.74) is 3.49. The lowest BCUT2D eigenvalue weighted by atomic mass is 10.0. The first-order chi connectivity index (χ1) is 20.6. The van der Waals surface area contributed by atoms with Crippen LogP contribution in [-0.4, -0.2) is 57.1 Å². The Morgan fingerprint density at radius 2 is 1.56 bits per heavy atom. The number of amides is 2. The van der Waals surface area contributed by atoms with Gasteiger partial charge in [-0.25, -0.2) is 8.42 Å². The Hall–Kier alpha value is -3.85. The maximum absolute atomic E-state index is 13.9. The molecular formula is C34H45N3O5S. The van der Waals surface area contributed by atoms with Gasteiger partial charge in [0.15, 0.2) is 0 Å². The fourth-order valence-corrected chi connectivity index (χ4v) is 5.79. The van der Waals surface area contributed by atoms with Gasteiger partial charge in [-0.15, -0.1) is 0 Å². The van der Waals surface area contributed by atoms with Crippen molar-refractivity contribution in [3.8, 4) is 5.75 Å². The zero-order valence-electron chi connectivity index (χ0n) is 25.8. The number of hydrogen-bond donors (Lipinski definition) is 1. The quantitative estimate of drug-likeness (QED) is 0.205. The fourth-order valence-electron chi connectivity index (χ4n) is 4.83. The Bertz CT molecular complexity index is 1390. The first kappa shape index (κ1) is 33.6. The zero-order valence-corrected chi connectivity index (χ0v) is 26.6. The molecule has 8 nitrogen and oxygen atoms in total. The fraction of sp³-hybridized carbons (Fsp3) is 0.412. The van der Waals surface area contributed by atoms with Gasteiger partial charge < -0.3 is 15.0 Å². The van der Waals surface area contributed by atoms with E-state index in [2.05, 4.69) is 12.2 Å². The molecule has 0 aliphatic rings. The van der Waals surface area contributed by atoms with E-state index in [9.17, 15) is 18.0 Å². The van der Waals surface area contributed by atoms with Crippen LogP contribution in [0.4, 0.5) is 5.69 Å². The van der Waals surface area contributed by atoms with Crippen LogP contribution in [0.25, 0.3) is 0 Å². The first-order valence-corrected chi connectivity index (χ1v) is 16.8. The monoisotopic (exact) mass is 607 g/mol. The predicted molar refractivity (Wildman–Crippen MR) is 173 cm³/mol. The molecule has 0 fully saturated rings. The largest absolute Gasteiger partial charge is 0.494 e. The molecule has 1 N–H and O–H groups in total. The number of carbonyl (C=O) groups excluding carboxylic acids is 2. The van der Waals surface area contributed by atoms with E-state index in [0.717, 1.165) is 35.8 Å². The summed E-state index contributed by atoms with van der Waals surface area (Å²) in [6.45, 7) is 7.40. The summed E-state index contributed by atoms with van der Waals surface area (Å²) < 4.78 is 32.2. The van der Waals surface area contributed by atoms with E-state index in [4.69, 9.17) is 4.74 Å². The summed E-state index contributed by atoms with van der Waals surface area (Å²) >= 11 is 0. The third-order valence-electron chi connectivity index (χ3n) is 7.16. The van der Waals surface area contributed by atoms with Gasteiger partial charge in [0.1, 0.15) is 11.8 Å². The lowest BCUT2D eigenvalue weighted by molar-refractivity contribution is -0.141. The second-order valence-electron chi connectivity index (χ2n) is 10.7. The molecule has 0 aliphatic heterocycles. The summed E-state index contributed by atoms with van der Waals surface area (Å²) in [4.78, 5) is 29.2. The molecule has 43 heavy (non-hydrogen) atoms. The maximum Gasteiger partial charge on any atom is 0.243 e.